The Morgan fingerprint density at radius 1 is 1.17 bits per heavy atom. The van der Waals surface area contributed by atoms with Gasteiger partial charge in [0.25, 0.3) is 15.9 Å². The molecule has 0 spiro atoms. The summed E-state index contributed by atoms with van der Waals surface area (Å²) in [6.45, 7) is 7.75. The van der Waals surface area contributed by atoms with Crippen molar-refractivity contribution in [3.05, 3.63) is 72.2 Å². The predicted octanol–water partition coefficient (Wildman–Crippen LogP) is 3.29. The summed E-state index contributed by atoms with van der Waals surface area (Å²) in [5.74, 6) is 0.646. The van der Waals surface area contributed by atoms with Gasteiger partial charge in [0.1, 0.15) is 11.6 Å². The topological polar surface area (TPSA) is 108 Å². The van der Waals surface area contributed by atoms with E-state index in [4.69, 9.17) is 0 Å². The van der Waals surface area contributed by atoms with Crippen molar-refractivity contribution in [1.29, 1.82) is 0 Å². The molecule has 1 atom stereocenters. The van der Waals surface area contributed by atoms with Crippen molar-refractivity contribution >= 4 is 27.6 Å². The fourth-order valence-corrected chi connectivity index (χ4v) is 5.28. The molecule has 0 radical (unpaired) electrons. The van der Waals surface area contributed by atoms with Crippen molar-refractivity contribution in [2.45, 2.75) is 44.2 Å². The second-order valence-corrected chi connectivity index (χ2v) is 11.3. The van der Waals surface area contributed by atoms with Crippen LogP contribution in [0.4, 0.5) is 11.6 Å². The third kappa shape index (κ3) is 5.33. The number of carbonyl (C=O) groups is 1. The Morgan fingerprint density at radius 3 is 2.64 bits per heavy atom. The first-order valence-corrected chi connectivity index (χ1v) is 13.4. The van der Waals surface area contributed by atoms with Gasteiger partial charge in [0.15, 0.2) is 5.03 Å². The molecule has 36 heavy (non-hydrogen) atoms. The lowest BCUT2D eigenvalue weighted by molar-refractivity contribution is 0.0981. The monoisotopic (exact) mass is 508 g/mol. The Kier molecular flexibility index (Phi) is 7.26. The van der Waals surface area contributed by atoms with Gasteiger partial charge in [-0.15, -0.1) is 0 Å². The van der Waals surface area contributed by atoms with E-state index in [1.54, 1.807) is 42.9 Å². The zero-order valence-corrected chi connectivity index (χ0v) is 21.9. The zero-order valence-electron chi connectivity index (χ0n) is 21.0. The number of aromatic nitrogens is 3. The van der Waals surface area contributed by atoms with Crippen molar-refractivity contribution in [1.82, 2.24) is 19.7 Å². The van der Waals surface area contributed by atoms with Crippen LogP contribution in [0, 0.1) is 5.92 Å². The Balaban J connectivity index is 1.51. The first kappa shape index (κ1) is 25.6. The molecule has 0 aliphatic carbocycles. The minimum absolute atomic E-state index is 0.210. The third-order valence-electron chi connectivity index (χ3n) is 7.04. The Morgan fingerprint density at radius 2 is 1.94 bits per heavy atom. The fraction of sp³-hybridized carbons (Fsp3) is 0.385. The molecule has 190 valence electrons. The first-order chi connectivity index (χ1) is 17.1. The van der Waals surface area contributed by atoms with Gasteiger partial charge >= 0.3 is 0 Å². The van der Waals surface area contributed by atoms with Gasteiger partial charge in [-0.3, -0.25) is 9.78 Å². The van der Waals surface area contributed by atoms with Crippen LogP contribution < -0.4 is 14.5 Å². The summed E-state index contributed by atoms with van der Waals surface area (Å²) >= 11 is 0. The number of nitrogens with zero attached hydrogens (tertiary/aromatic N) is 5. The number of likely N-dealkylation sites (N-methyl/N-ethyl adjacent to an activating group) is 1. The van der Waals surface area contributed by atoms with E-state index < -0.39 is 15.9 Å². The van der Waals surface area contributed by atoms with Crippen LogP contribution in [0.2, 0.25) is 0 Å². The Hall–Kier alpha value is -3.53. The molecular weight excluding hydrogens is 476 g/mol. The van der Waals surface area contributed by atoms with E-state index in [0.717, 1.165) is 24.9 Å². The molecule has 1 N–H and O–H groups in total. The molecule has 4 heterocycles. The summed E-state index contributed by atoms with van der Waals surface area (Å²) < 4.78 is 28.4. The van der Waals surface area contributed by atoms with Crippen molar-refractivity contribution in [3.8, 4) is 0 Å². The summed E-state index contributed by atoms with van der Waals surface area (Å²) in [7, 11) is -2.36. The van der Waals surface area contributed by atoms with Gasteiger partial charge in [-0.1, -0.05) is 19.1 Å². The second kappa shape index (κ2) is 10.2. The summed E-state index contributed by atoms with van der Waals surface area (Å²) in [6.07, 6.45) is 6.83. The lowest BCUT2D eigenvalue weighted by Crippen LogP contribution is -2.43. The van der Waals surface area contributed by atoms with Gasteiger partial charge < -0.3 is 9.80 Å². The normalized spacial score (nSPS) is 17.1. The van der Waals surface area contributed by atoms with Gasteiger partial charge in [0.2, 0.25) is 0 Å². The van der Waals surface area contributed by atoms with Crippen LogP contribution in [0.5, 0.6) is 0 Å². The Bertz CT molecular complexity index is 1330. The van der Waals surface area contributed by atoms with Crippen LogP contribution in [-0.4, -0.2) is 55.0 Å². The number of rotatable bonds is 8. The molecule has 0 aromatic carbocycles. The van der Waals surface area contributed by atoms with E-state index in [1.807, 2.05) is 24.1 Å². The molecule has 0 saturated carbocycles. The van der Waals surface area contributed by atoms with E-state index in [-0.39, 0.29) is 16.1 Å². The lowest BCUT2D eigenvalue weighted by atomic mass is 9.90. The third-order valence-corrected chi connectivity index (χ3v) is 8.27. The second-order valence-electron chi connectivity index (χ2n) is 9.67. The standard InChI is InChI=1S/C26H32N6O3S/c1-19-12-17-32(26(19,2)3)24-21(9-7-15-28-24)25(33)30-36(34,35)23-11-5-10-22(29-23)31(4)16-13-20-8-6-14-27-18-20/h5-11,14-15,18-19H,12-13,16-17H2,1-4H3,(H,30,33). The van der Waals surface area contributed by atoms with Gasteiger partial charge in [0.05, 0.1) is 5.56 Å². The molecule has 3 aromatic heterocycles. The zero-order chi connectivity index (χ0) is 25.9. The molecule has 3 aromatic rings. The number of anilines is 2. The molecule has 10 heteroatoms. The van der Waals surface area contributed by atoms with Gasteiger partial charge in [0, 0.05) is 44.3 Å². The van der Waals surface area contributed by atoms with Gasteiger partial charge in [-0.05, 0) is 68.5 Å². The Labute approximate surface area is 212 Å². The van der Waals surface area contributed by atoms with Gasteiger partial charge in [-0.2, -0.15) is 8.42 Å². The predicted molar refractivity (Wildman–Crippen MR) is 140 cm³/mol. The van der Waals surface area contributed by atoms with Crippen LogP contribution in [0.25, 0.3) is 0 Å². The molecule has 1 amide bonds. The highest BCUT2D eigenvalue weighted by atomic mass is 32.2. The number of sulfonamides is 1. The van der Waals surface area contributed by atoms with Crippen LogP contribution >= 0.6 is 0 Å². The van der Waals surface area contributed by atoms with E-state index in [2.05, 4.69) is 45.3 Å². The fourth-order valence-electron chi connectivity index (χ4n) is 4.35. The SMILES string of the molecule is CC1CCN(c2ncccc2C(=O)NS(=O)(=O)c2cccc(N(C)CCc3cccnc3)n2)C1(C)C. The molecular formula is C26H32N6O3S. The maximum atomic E-state index is 13.2. The summed E-state index contributed by atoms with van der Waals surface area (Å²) in [4.78, 5) is 30.0. The van der Waals surface area contributed by atoms with Crippen LogP contribution in [0.3, 0.4) is 0 Å². The quantitative estimate of drug-likeness (QED) is 0.494. The smallest absolute Gasteiger partial charge is 0.281 e. The number of amides is 1. The van der Waals surface area contributed by atoms with E-state index in [0.29, 0.717) is 24.1 Å². The van der Waals surface area contributed by atoms with E-state index in [9.17, 15) is 13.2 Å². The van der Waals surface area contributed by atoms with Crippen molar-refractivity contribution in [2.24, 2.45) is 5.92 Å². The number of nitrogens with one attached hydrogen (secondary N) is 1. The minimum atomic E-state index is -4.20. The van der Waals surface area contributed by atoms with Crippen molar-refractivity contribution in [3.63, 3.8) is 0 Å². The molecule has 0 bridgehead atoms. The summed E-state index contributed by atoms with van der Waals surface area (Å²) in [5.41, 5.74) is 1.08. The van der Waals surface area contributed by atoms with E-state index in [1.165, 1.54) is 6.07 Å². The molecule has 1 aliphatic rings. The average molecular weight is 509 g/mol. The minimum Gasteiger partial charge on any atom is -0.359 e. The lowest BCUT2D eigenvalue weighted by Gasteiger charge is -2.36. The number of carbonyl (C=O) groups excluding carboxylic acids is 1. The van der Waals surface area contributed by atoms with Gasteiger partial charge in [-0.25, -0.2) is 14.7 Å². The van der Waals surface area contributed by atoms with Crippen molar-refractivity contribution < 1.29 is 13.2 Å². The largest absolute Gasteiger partial charge is 0.359 e. The number of hydrogen-bond donors (Lipinski definition) is 1. The highest BCUT2D eigenvalue weighted by Crippen LogP contribution is 2.38. The van der Waals surface area contributed by atoms with Crippen LogP contribution in [-0.2, 0) is 16.4 Å². The summed E-state index contributed by atoms with van der Waals surface area (Å²) in [5, 5.41) is -0.220. The van der Waals surface area contributed by atoms with E-state index >= 15 is 0 Å². The first-order valence-electron chi connectivity index (χ1n) is 12.0. The van der Waals surface area contributed by atoms with Crippen LogP contribution in [0.1, 0.15) is 43.1 Å². The summed E-state index contributed by atoms with van der Waals surface area (Å²) in [6, 6.07) is 11.8. The molecule has 4 rings (SSSR count). The van der Waals surface area contributed by atoms with Crippen molar-refractivity contribution in [2.75, 3.05) is 29.9 Å². The molecule has 1 unspecified atom stereocenters. The maximum absolute atomic E-state index is 13.2. The molecule has 1 fully saturated rings. The molecule has 1 aliphatic heterocycles. The molecule has 9 nitrogen and oxygen atoms in total. The number of hydrogen-bond acceptors (Lipinski definition) is 8. The number of pyridine rings is 3. The average Bonchev–Trinajstić information content (AvgIpc) is 3.14. The maximum Gasteiger partial charge on any atom is 0.281 e. The molecule has 1 saturated heterocycles. The highest BCUT2D eigenvalue weighted by molar-refractivity contribution is 7.90. The van der Waals surface area contributed by atoms with Crippen LogP contribution in [0.15, 0.2) is 66.1 Å². The highest BCUT2D eigenvalue weighted by Gasteiger charge is 2.40.